The first-order valence-electron chi connectivity index (χ1n) is 7.61. The molecule has 1 aromatic heterocycles. The van der Waals surface area contributed by atoms with Crippen molar-refractivity contribution in [2.75, 3.05) is 0 Å². The lowest BCUT2D eigenvalue weighted by atomic mass is 9.98. The zero-order valence-electron chi connectivity index (χ0n) is 13.7. The molecule has 0 radical (unpaired) electrons. The predicted molar refractivity (Wildman–Crippen MR) is 93.4 cm³/mol. The fourth-order valence-electron chi connectivity index (χ4n) is 2.33. The van der Waals surface area contributed by atoms with Gasteiger partial charge in [-0.2, -0.15) is 0 Å². The maximum atomic E-state index is 12.3. The average molecular weight is 352 g/mol. The number of carboxylic acid groups (broad SMARTS) is 1. The molecule has 0 saturated heterocycles. The summed E-state index contributed by atoms with van der Waals surface area (Å²) in [6, 6.07) is 6.27. The first-order valence-corrected chi connectivity index (χ1v) is 7.61. The summed E-state index contributed by atoms with van der Waals surface area (Å²) < 4.78 is 0. The van der Waals surface area contributed by atoms with Crippen LogP contribution in [0, 0.1) is 5.92 Å². The van der Waals surface area contributed by atoms with Crippen molar-refractivity contribution in [1.29, 1.82) is 0 Å². The SMILES string of the molecule is CC[C@H](C)[C@H](NC(=O)c1cccc(Cc2cnc[nH]2)c1)C(=O)O.Cl. The number of carbonyl (C=O) groups is 2. The molecule has 0 spiro atoms. The van der Waals surface area contributed by atoms with Crippen LogP contribution in [0.4, 0.5) is 0 Å². The number of nitrogens with zero attached hydrogens (tertiary/aromatic N) is 1. The number of imidazole rings is 1. The van der Waals surface area contributed by atoms with Gasteiger partial charge in [0.15, 0.2) is 0 Å². The van der Waals surface area contributed by atoms with Gasteiger partial charge in [-0.3, -0.25) is 4.79 Å². The van der Waals surface area contributed by atoms with E-state index in [1.165, 1.54) is 0 Å². The van der Waals surface area contributed by atoms with Gasteiger partial charge in [-0.05, 0) is 23.6 Å². The molecule has 0 aliphatic heterocycles. The first kappa shape index (κ1) is 19.7. The number of nitrogens with one attached hydrogen (secondary N) is 2. The minimum atomic E-state index is -1.01. The summed E-state index contributed by atoms with van der Waals surface area (Å²) in [5.74, 6) is -1.52. The van der Waals surface area contributed by atoms with Gasteiger partial charge in [0.25, 0.3) is 5.91 Å². The Labute approximate surface area is 147 Å². The summed E-state index contributed by atoms with van der Waals surface area (Å²) in [4.78, 5) is 30.6. The number of aromatic nitrogens is 2. The summed E-state index contributed by atoms with van der Waals surface area (Å²) >= 11 is 0. The number of carbonyl (C=O) groups excluding carboxylic acids is 1. The smallest absolute Gasteiger partial charge is 0.326 e. The van der Waals surface area contributed by atoms with E-state index < -0.39 is 12.0 Å². The molecule has 2 rings (SSSR count). The van der Waals surface area contributed by atoms with E-state index in [9.17, 15) is 14.7 Å². The molecule has 7 heteroatoms. The van der Waals surface area contributed by atoms with Gasteiger partial charge in [-0.1, -0.05) is 32.4 Å². The van der Waals surface area contributed by atoms with E-state index in [0.717, 1.165) is 11.3 Å². The molecule has 1 aromatic carbocycles. The van der Waals surface area contributed by atoms with Crippen LogP contribution in [0.1, 0.15) is 41.9 Å². The van der Waals surface area contributed by atoms with Crippen molar-refractivity contribution in [3.8, 4) is 0 Å². The predicted octanol–water partition coefficient (Wildman–Crippen LogP) is 2.65. The highest BCUT2D eigenvalue weighted by molar-refractivity contribution is 5.96. The van der Waals surface area contributed by atoms with Gasteiger partial charge in [0.1, 0.15) is 6.04 Å². The lowest BCUT2D eigenvalue weighted by Gasteiger charge is -2.20. The third-order valence-corrected chi connectivity index (χ3v) is 3.90. The Morgan fingerprint density at radius 1 is 1.38 bits per heavy atom. The fourth-order valence-corrected chi connectivity index (χ4v) is 2.33. The van der Waals surface area contributed by atoms with Crippen LogP contribution in [0.2, 0.25) is 0 Å². The number of halogens is 1. The number of benzene rings is 1. The van der Waals surface area contributed by atoms with Crippen molar-refractivity contribution >= 4 is 24.3 Å². The van der Waals surface area contributed by atoms with Crippen molar-refractivity contribution in [2.45, 2.75) is 32.7 Å². The van der Waals surface area contributed by atoms with Crippen LogP contribution in [-0.4, -0.2) is 33.0 Å². The van der Waals surface area contributed by atoms with Crippen LogP contribution >= 0.6 is 12.4 Å². The molecule has 0 unspecified atom stereocenters. The highest BCUT2D eigenvalue weighted by Crippen LogP contribution is 2.12. The summed E-state index contributed by atoms with van der Waals surface area (Å²) in [5, 5.41) is 11.9. The van der Waals surface area contributed by atoms with Gasteiger partial charge >= 0.3 is 5.97 Å². The van der Waals surface area contributed by atoms with Crippen LogP contribution in [0.5, 0.6) is 0 Å². The summed E-state index contributed by atoms with van der Waals surface area (Å²) in [5.41, 5.74) is 2.36. The summed E-state index contributed by atoms with van der Waals surface area (Å²) in [7, 11) is 0. The molecule has 2 aromatic rings. The van der Waals surface area contributed by atoms with Crippen LogP contribution in [0.3, 0.4) is 0 Å². The fraction of sp³-hybridized carbons (Fsp3) is 0.353. The minimum absolute atomic E-state index is 0. The van der Waals surface area contributed by atoms with Crippen LogP contribution < -0.4 is 5.32 Å². The normalized spacial score (nSPS) is 12.8. The van der Waals surface area contributed by atoms with E-state index in [1.54, 1.807) is 30.7 Å². The molecule has 2 atom stereocenters. The van der Waals surface area contributed by atoms with Crippen LogP contribution in [0.15, 0.2) is 36.8 Å². The third kappa shape index (κ3) is 5.09. The highest BCUT2D eigenvalue weighted by atomic mass is 35.5. The molecule has 0 aliphatic carbocycles. The molecule has 3 N–H and O–H groups in total. The molecule has 0 aliphatic rings. The number of carboxylic acids is 1. The van der Waals surface area contributed by atoms with E-state index in [2.05, 4.69) is 15.3 Å². The number of hydrogen-bond donors (Lipinski definition) is 3. The van der Waals surface area contributed by atoms with E-state index in [4.69, 9.17) is 0 Å². The van der Waals surface area contributed by atoms with Crippen molar-refractivity contribution < 1.29 is 14.7 Å². The van der Waals surface area contributed by atoms with Gasteiger partial charge in [0.2, 0.25) is 0 Å². The third-order valence-electron chi connectivity index (χ3n) is 3.90. The van der Waals surface area contributed by atoms with Gasteiger partial charge in [0, 0.05) is 23.9 Å². The quantitative estimate of drug-likeness (QED) is 0.714. The largest absolute Gasteiger partial charge is 0.480 e. The Bertz CT molecular complexity index is 673. The molecule has 1 heterocycles. The number of aromatic amines is 1. The Morgan fingerprint density at radius 2 is 2.12 bits per heavy atom. The number of hydrogen-bond acceptors (Lipinski definition) is 3. The molecule has 130 valence electrons. The Kier molecular flexibility index (Phi) is 7.45. The molecule has 0 bridgehead atoms. The summed E-state index contributed by atoms with van der Waals surface area (Å²) in [6.07, 6.45) is 4.65. The second-order valence-corrected chi connectivity index (χ2v) is 5.63. The monoisotopic (exact) mass is 351 g/mol. The second-order valence-electron chi connectivity index (χ2n) is 5.63. The Hall–Kier alpha value is -2.34. The van der Waals surface area contributed by atoms with Crippen molar-refractivity contribution in [2.24, 2.45) is 5.92 Å². The van der Waals surface area contributed by atoms with Crippen molar-refractivity contribution in [1.82, 2.24) is 15.3 Å². The topological polar surface area (TPSA) is 95.1 Å². The molecule has 24 heavy (non-hydrogen) atoms. The standard InChI is InChI=1S/C17H21N3O3.ClH/c1-3-11(2)15(17(22)23)20-16(21)13-6-4-5-12(7-13)8-14-9-18-10-19-14;/h4-7,9-11,15H,3,8H2,1-2H3,(H,18,19)(H,20,21)(H,22,23);1H/t11-,15-;/m0./s1. The molecule has 0 saturated carbocycles. The molecular weight excluding hydrogens is 330 g/mol. The Morgan fingerprint density at radius 3 is 2.71 bits per heavy atom. The van der Waals surface area contributed by atoms with Gasteiger partial charge in [0.05, 0.1) is 6.33 Å². The maximum absolute atomic E-state index is 12.3. The average Bonchev–Trinajstić information content (AvgIpc) is 3.04. The number of amides is 1. The van der Waals surface area contributed by atoms with Gasteiger partial charge in [-0.25, -0.2) is 9.78 Å². The minimum Gasteiger partial charge on any atom is -0.480 e. The van der Waals surface area contributed by atoms with E-state index in [1.807, 2.05) is 19.9 Å². The van der Waals surface area contributed by atoms with Crippen molar-refractivity contribution in [3.63, 3.8) is 0 Å². The molecule has 6 nitrogen and oxygen atoms in total. The van der Waals surface area contributed by atoms with Crippen molar-refractivity contribution in [3.05, 3.63) is 53.6 Å². The number of H-pyrrole nitrogens is 1. The van der Waals surface area contributed by atoms with Gasteiger partial charge < -0.3 is 15.4 Å². The van der Waals surface area contributed by atoms with E-state index >= 15 is 0 Å². The number of rotatable bonds is 7. The van der Waals surface area contributed by atoms with E-state index in [-0.39, 0.29) is 24.2 Å². The molecule has 0 fully saturated rings. The second kappa shape index (κ2) is 9.08. The number of aliphatic carboxylic acids is 1. The summed E-state index contributed by atoms with van der Waals surface area (Å²) in [6.45, 7) is 3.71. The van der Waals surface area contributed by atoms with Gasteiger partial charge in [-0.15, -0.1) is 12.4 Å². The van der Waals surface area contributed by atoms with Crippen LogP contribution in [-0.2, 0) is 11.2 Å². The van der Waals surface area contributed by atoms with E-state index in [0.29, 0.717) is 18.4 Å². The zero-order valence-corrected chi connectivity index (χ0v) is 14.5. The lowest BCUT2D eigenvalue weighted by Crippen LogP contribution is -2.45. The molecule has 1 amide bonds. The lowest BCUT2D eigenvalue weighted by molar-refractivity contribution is -0.140. The van der Waals surface area contributed by atoms with Crippen LogP contribution in [0.25, 0.3) is 0 Å². The molecular formula is C17H22ClN3O3. The highest BCUT2D eigenvalue weighted by Gasteiger charge is 2.25. The maximum Gasteiger partial charge on any atom is 0.326 e. The Balaban J connectivity index is 0.00000288. The zero-order chi connectivity index (χ0) is 16.8. The first-order chi connectivity index (χ1) is 11.0.